The Hall–Kier alpha value is -1.05. The van der Waals surface area contributed by atoms with Gasteiger partial charge in [0, 0.05) is 32.3 Å². The minimum Gasteiger partial charge on any atom is -0.492 e. The normalized spacial score (nSPS) is 19.0. The minimum atomic E-state index is -0.179. The summed E-state index contributed by atoms with van der Waals surface area (Å²) in [5.41, 5.74) is 0.987. The Morgan fingerprint density at radius 3 is 2.68 bits per heavy atom. The van der Waals surface area contributed by atoms with Gasteiger partial charge in [-0.05, 0) is 26.6 Å². The number of hydrogen-bond acceptors (Lipinski definition) is 5. The third kappa shape index (κ3) is 7.79. The highest BCUT2D eigenvalue weighted by Gasteiger charge is 2.29. The van der Waals surface area contributed by atoms with E-state index in [4.69, 9.17) is 9.47 Å². The second-order valence-corrected chi connectivity index (χ2v) is 6.03. The fraction of sp³-hybridized carbons (Fsp3) is 0.588. The van der Waals surface area contributed by atoms with Gasteiger partial charge in [-0.2, -0.15) is 0 Å². The molecule has 2 N–H and O–H groups in total. The van der Waals surface area contributed by atoms with Gasteiger partial charge in [-0.3, -0.25) is 4.79 Å². The summed E-state index contributed by atoms with van der Waals surface area (Å²) >= 11 is 0. The van der Waals surface area contributed by atoms with E-state index in [1.54, 1.807) is 7.11 Å². The molecule has 1 aromatic rings. The molecule has 1 aromatic carbocycles. The molecule has 2 rings (SSSR count). The lowest BCUT2D eigenvalue weighted by molar-refractivity contribution is -0.123. The van der Waals surface area contributed by atoms with E-state index >= 15 is 0 Å². The van der Waals surface area contributed by atoms with Crippen LogP contribution in [-0.4, -0.2) is 63.9 Å². The summed E-state index contributed by atoms with van der Waals surface area (Å²) in [7, 11) is 5.70. The number of hydrogen-bond donors (Lipinski definition) is 2. The van der Waals surface area contributed by atoms with Crippen molar-refractivity contribution in [2.45, 2.75) is 25.1 Å². The standard InChI is InChI=1S/C17H27N3O3.2ClH/c1-20(2)8-9-23-16-7-5-4-6-13(16)11-19-17(21)15-10-14(22-3)12-18-15;;/h4-7,14-15,18H,8-12H2,1-3H3,(H,19,21);2*1H/t14-,15-;;/m0../s1. The number of para-hydroxylation sites is 1. The number of likely N-dealkylation sites (N-methyl/N-ethyl adjacent to an activating group) is 1. The predicted octanol–water partition coefficient (Wildman–Crippen LogP) is 1.46. The maximum atomic E-state index is 12.2. The van der Waals surface area contributed by atoms with Gasteiger partial charge in [0.15, 0.2) is 0 Å². The third-order valence-corrected chi connectivity index (χ3v) is 3.96. The molecule has 0 unspecified atom stereocenters. The Morgan fingerprint density at radius 2 is 2.04 bits per heavy atom. The summed E-state index contributed by atoms with van der Waals surface area (Å²) in [5.74, 6) is 0.830. The number of ether oxygens (including phenoxy) is 2. The maximum absolute atomic E-state index is 12.2. The Balaban J connectivity index is 0.00000288. The molecular weight excluding hydrogens is 365 g/mol. The zero-order valence-corrected chi connectivity index (χ0v) is 16.6. The van der Waals surface area contributed by atoms with Crippen LogP contribution in [0, 0.1) is 0 Å². The average molecular weight is 394 g/mol. The summed E-state index contributed by atoms with van der Waals surface area (Å²) in [5, 5.41) is 6.16. The Morgan fingerprint density at radius 1 is 1.32 bits per heavy atom. The summed E-state index contributed by atoms with van der Waals surface area (Å²) in [6.45, 7) is 2.66. The van der Waals surface area contributed by atoms with Crippen molar-refractivity contribution in [2.24, 2.45) is 0 Å². The Labute approximate surface area is 162 Å². The van der Waals surface area contributed by atoms with Crippen LogP contribution in [0.15, 0.2) is 24.3 Å². The molecular formula is C17H29Cl2N3O3. The van der Waals surface area contributed by atoms with Crippen molar-refractivity contribution < 1.29 is 14.3 Å². The first-order chi connectivity index (χ1) is 11.1. The van der Waals surface area contributed by atoms with Gasteiger partial charge in [0.2, 0.25) is 5.91 Å². The van der Waals surface area contributed by atoms with Gasteiger partial charge < -0.3 is 25.0 Å². The van der Waals surface area contributed by atoms with Crippen LogP contribution in [0.2, 0.25) is 0 Å². The Bertz CT molecular complexity index is 518. The lowest BCUT2D eigenvalue weighted by atomic mass is 10.1. The fourth-order valence-electron chi connectivity index (χ4n) is 2.52. The van der Waals surface area contributed by atoms with Gasteiger partial charge in [-0.1, -0.05) is 18.2 Å². The summed E-state index contributed by atoms with van der Waals surface area (Å²) in [6, 6.07) is 7.63. The molecule has 1 fully saturated rings. The van der Waals surface area contributed by atoms with Gasteiger partial charge >= 0.3 is 0 Å². The predicted molar refractivity (Wildman–Crippen MR) is 104 cm³/mol. The number of methoxy groups -OCH3 is 1. The summed E-state index contributed by atoms with van der Waals surface area (Å²) in [6.07, 6.45) is 0.830. The molecule has 25 heavy (non-hydrogen) atoms. The smallest absolute Gasteiger partial charge is 0.237 e. The molecule has 0 saturated carbocycles. The van der Waals surface area contributed by atoms with Crippen molar-refractivity contribution >= 4 is 30.7 Å². The summed E-state index contributed by atoms with van der Waals surface area (Å²) in [4.78, 5) is 14.3. The first-order valence-corrected chi connectivity index (χ1v) is 7.99. The van der Waals surface area contributed by atoms with Crippen molar-refractivity contribution in [3.8, 4) is 5.75 Å². The van der Waals surface area contributed by atoms with E-state index in [0.29, 0.717) is 19.6 Å². The highest BCUT2D eigenvalue weighted by molar-refractivity contribution is 5.85. The van der Waals surface area contributed by atoms with Crippen molar-refractivity contribution in [1.29, 1.82) is 0 Å². The average Bonchev–Trinajstić information content (AvgIpc) is 3.02. The van der Waals surface area contributed by atoms with Crippen LogP contribution in [0.4, 0.5) is 0 Å². The molecule has 0 radical (unpaired) electrons. The fourth-order valence-corrected chi connectivity index (χ4v) is 2.52. The summed E-state index contributed by atoms with van der Waals surface area (Å²) < 4.78 is 11.1. The van der Waals surface area contributed by atoms with E-state index in [1.165, 1.54) is 0 Å². The van der Waals surface area contributed by atoms with Crippen molar-refractivity contribution in [2.75, 3.05) is 40.9 Å². The van der Waals surface area contributed by atoms with Crippen LogP contribution in [-0.2, 0) is 16.1 Å². The zero-order valence-electron chi connectivity index (χ0n) is 15.0. The van der Waals surface area contributed by atoms with Gasteiger partial charge in [0.05, 0.1) is 12.1 Å². The highest BCUT2D eigenvalue weighted by Crippen LogP contribution is 2.18. The van der Waals surface area contributed by atoms with Crippen molar-refractivity contribution in [3.05, 3.63) is 29.8 Å². The van der Waals surface area contributed by atoms with Gasteiger partial charge in [0.1, 0.15) is 12.4 Å². The van der Waals surface area contributed by atoms with E-state index < -0.39 is 0 Å². The van der Waals surface area contributed by atoms with Gasteiger partial charge in [-0.15, -0.1) is 24.8 Å². The van der Waals surface area contributed by atoms with E-state index in [0.717, 1.165) is 24.4 Å². The van der Waals surface area contributed by atoms with E-state index in [-0.39, 0.29) is 42.9 Å². The molecule has 6 nitrogen and oxygen atoms in total. The van der Waals surface area contributed by atoms with Crippen LogP contribution in [0.25, 0.3) is 0 Å². The molecule has 0 aromatic heterocycles. The number of amides is 1. The van der Waals surface area contributed by atoms with Gasteiger partial charge in [0.25, 0.3) is 0 Å². The van der Waals surface area contributed by atoms with Crippen molar-refractivity contribution in [3.63, 3.8) is 0 Å². The lowest BCUT2D eigenvalue weighted by Gasteiger charge is -2.15. The molecule has 1 aliphatic rings. The number of carbonyl (C=O) groups excluding carboxylic acids is 1. The number of nitrogens with zero attached hydrogens (tertiary/aromatic N) is 1. The molecule has 1 aliphatic heterocycles. The van der Waals surface area contributed by atoms with Crippen molar-refractivity contribution in [1.82, 2.24) is 15.5 Å². The number of carbonyl (C=O) groups is 1. The largest absolute Gasteiger partial charge is 0.492 e. The first kappa shape index (κ1) is 23.9. The molecule has 0 bridgehead atoms. The van der Waals surface area contributed by atoms with Crippen LogP contribution in [0.3, 0.4) is 0 Å². The second kappa shape index (κ2) is 12.3. The van der Waals surface area contributed by atoms with Crippen LogP contribution >= 0.6 is 24.8 Å². The van der Waals surface area contributed by atoms with Crippen LogP contribution in [0.5, 0.6) is 5.75 Å². The molecule has 1 amide bonds. The number of benzene rings is 1. The first-order valence-electron chi connectivity index (χ1n) is 7.99. The quantitative estimate of drug-likeness (QED) is 0.699. The minimum absolute atomic E-state index is 0. The van der Waals surface area contributed by atoms with Crippen LogP contribution < -0.4 is 15.4 Å². The molecule has 1 saturated heterocycles. The molecule has 144 valence electrons. The molecule has 2 atom stereocenters. The number of rotatable bonds is 8. The van der Waals surface area contributed by atoms with Gasteiger partial charge in [-0.25, -0.2) is 0 Å². The topological polar surface area (TPSA) is 62.8 Å². The van der Waals surface area contributed by atoms with Crippen LogP contribution in [0.1, 0.15) is 12.0 Å². The van der Waals surface area contributed by atoms with E-state index in [2.05, 4.69) is 15.5 Å². The number of halogens is 2. The maximum Gasteiger partial charge on any atom is 0.237 e. The molecule has 0 aliphatic carbocycles. The SMILES string of the molecule is CO[C@@H]1CN[C@H](C(=O)NCc2ccccc2OCCN(C)C)C1.Cl.Cl. The monoisotopic (exact) mass is 393 g/mol. The second-order valence-electron chi connectivity index (χ2n) is 6.03. The highest BCUT2D eigenvalue weighted by atomic mass is 35.5. The Kier molecular flexibility index (Phi) is 11.8. The lowest BCUT2D eigenvalue weighted by Crippen LogP contribution is -2.40. The van der Waals surface area contributed by atoms with E-state index in [9.17, 15) is 4.79 Å². The molecule has 8 heteroatoms. The molecule has 1 heterocycles. The van der Waals surface area contributed by atoms with E-state index in [1.807, 2.05) is 38.4 Å². The number of nitrogens with one attached hydrogen (secondary N) is 2. The zero-order chi connectivity index (χ0) is 16.7. The third-order valence-electron chi connectivity index (χ3n) is 3.96. The molecule has 0 spiro atoms.